The first-order valence-electron chi connectivity index (χ1n) is 10.1. The average Bonchev–Trinajstić information content (AvgIpc) is 2.83. The van der Waals surface area contributed by atoms with E-state index >= 15 is 0 Å². The summed E-state index contributed by atoms with van der Waals surface area (Å²) in [7, 11) is -3.83. The summed E-state index contributed by atoms with van der Waals surface area (Å²) in [6, 6.07) is 8.67. The van der Waals surface area contributed by atoms with Crippen molar-refractivity contribution in [3.05, 3.63) is 47.0 Å². The second-order valence-electron chi connectivity index (χ2n) is 7.14. The molecule has 0 atom stereocenters. The summed E-state index contributed by atoms with van der Waals surface area (Å²) >= 11 is 6.08. The van der Waals surface area contributed by atoms with Gasteiger partial charge in [-0.2, -0.15) is 4.31 Å². The van der Waals surface area contributed by atoms with E-state index in [1.165, 1.54) is 16.4 Å². The maximum Gasteiger partial charge on any atom is 0.340 e. The molecule has 33 heavy (non-hydrogen) atoms. The van der Waals surface area contributed by atoms with Crippen molar-refractivity contribution in [2.24, 2.45) is 0 Å². The molecule has 0 saturated carbocycles. The molecule has 1 N–H and O–H groups in total. The van der Waals surface area contributed by atoms with Gasteiger partial charge in [-0.25, -0.2) is 13.2 Å². The van der Waals surface area contributed by atoms with Crippen molar-refractivity contribution < 1.29 is 37.0 Å². The maximum atomic E-state index is 12.8. The van der Waals surface area contributed by atoms with Gasteiger partial charge >= 0.3 is 5.97 Å². The Bertz CT molecular complexity index is 1160. The van der Waals surface area contributed by atoms with Crippen LogP contribution in [-0.4, -0.2) is 70.7 Å². The zero-order chi connectivity index (χ0) is 23.4. The van der Waals surface area contributed by atoms with Crippen LogP contribution in [0.15, 0.2) is 41.3 Å². The van der Waals surface area contributed by atoms with Crippen LogP contribution in [0.2, 0.25) is 5.02 Å². The second kappa shape index (κ2) is 9.96. The molecule has 1 fully saturated rings. The molecule has 176 valence electrons. The highest BCUT2D eigenvalue weighted by molar-refractivity contribution is 7.89. The lowest BCUT2D eigenvalue weighted by atomic mass is 10.2. The number of halogens is 1. The van der Waals surface area contributed by atoms with Crippen molar-refractivity contribution >= 4 is 39.2 Å². The van der Waals surface area contributed by atoms with Crippen LogP contribution < -0.4 is 14.8 Å². The van der Waals surface area contributed by atoms with Gasteiger partial charge in [0, 0.05) is 24.8 Å². The molecule has 12 heteroatoms. The topological polar surface area (TPSA) is 120 Å². The number of amides is 1. The Labute approximate surface area is 195 Å². The van der Waals surface area contributed by atoms with Crippen LogP contribution in [-0.2, 0) is 24.3 Å². The molecule has 10 nitrogen and oxygen atoms in total. The molecule has 2 heterocycles. The van der Waals surface area contributed by atoms with E-state index in [1.54, 1.807) is 18.2 Å². The Morgan fingerprint density at radius 2 is 1.73 bits per heavy atom. The fourth-order valence-electron chi connectivity index (χ4n) is 3.28. The summed E-state index contributed by atoms with van der Waals surface area (Å²) in [6.07, 6.45) is 0. The first-order chi connectivity index (χ1) is 15.8. The number of sulfonamides is 1. The number of carbonyl (C=O) groups is 2. The summed E-state index contributed by atoms with van der Waals surface area (Å²) in [5, 5.41) is 2.60. The fraction of sp³-hybridized carbons (Fsp3) is 0.333. The van der Waals surface area contributed by atoms with E-state index in [0.29, 0.717) is 43.6 Å². The molecule has 2 aliphatic rings. The summed E-state index contributed by atoms with van der Waals surface area (Å²) in [5.41, 5.74) is 0.287. The Balaban J connectivity index is 1.40. The second-order valence-corrected chi connectivity index (χ2v) is 9.49. The number of ether oxygens (including phenoxy) is 4. The molecule has 2 aromatic rings. The molecule has 0 radical (unpaired) electrons. The third kappa shape index (κ3) is 5.38. The van der Waals surface area contributed by atoms with E-state index in [4.69, 9.17) is 30.5 Å². The van der Waals surface area contributed by atoms with E-state index in [0.717, 1.165) is 6.07 Å². The van der Waals surface area contributed by atoms with Gasteiger partial charge in [0.15, 0.2) is 18.1 Å². The van der Waals surface area contributed by atoms with E-state index in [1.807, 2.05) is 0 Å². The number of rotatable bonds is 6. The van der Waals surface area contributed by atoms with E-state index < -0.39 is 28.5 Å². The number of hydrogen-bond acceptors (Lipinski definition) is 8. The Morgan fingerprint density at radius 3 is 2.48 bits per heavy atom. The number of esters is 1. The molecule has 0 bridgehead atoms. The summed E-state index contributed by atoms with van der Waals surface area (Å²) in [4.78, 5) is 24.6. The molecule has 0 unspecified atom stereocenters. The van der Waals surface area contributed by atoms with Crippen LogP contribution in [0.5, 0.6) is 11.5 Å². The summed E-state index contributed by atoms with van der Waals surface area (Å²) < 4.78 is 48.1. The Morgan fingerprint density at radius 1 is 1.00 bits per heavy atom. The number of hydrogen-bond donors (Lipinski definition) is 1. The Kier molecular flexibility index (Phi) is 7.03. The number of benzene rings is 2. The maximum absolute atomic E-state index is 12.8. The first-order valence-corrected chi connectivity index (χ1v) is 11.9. The summed E-state index contributed by atoms with van der Waals surface area (Å²) in [6.45, 7) is 1.27. The molecule has 0 aromatic heterocycles. The lowest BCUT2D eigenvalue weighted by molar-refractivity contribution is -0.119. The van der Waals surface area contributed by atoms with Crippen molar-refractivity contribution in [1.29, 1.82) is 0 Å². The minimum Gasteiger partial charge on any atom is -0.486 e. The number of nitrogens with zero attached hydrogens (tertiary/aromatic N) is 1. The van der Waals surface area contributed by atoms with Crippen molar-refractivity contribution in [1.82, 2.24) is 4.31 Å². The molecular weight excluding hydrogens is 476 g/mol. The highest BCUT2D eigenvalue weighted by Gasteiger charge is 2.28. The van der Waals surface area contributed by atoms with Crippen LogP contribution in [0.1, 0.15) is 10.4 Å². The number of carbonyl (C=O) groups excluding carboxylic acids is 2. The molecule has 4 rings (SSSR count). The average molecular weight is 497 g/mol. The normalized spacial score (nSPS) is 16.2. The zero-order valence-electron chi connectivity index (χ0n) is 17.4. The highest BCUT2D eigenvalue weighted by atomic mass is 35.5. The van der Waals surface area contributed by atoms with Crippen LogP contribution in [0.3, 0.4) is 0 Å². The lowest BCUT2D eigenvalue weighted by Crippen LogP contribution is -2.40. The largest absolute Gasteiger partial charge is 0.486 e. The molecule has 1 saturated heterocycles. The Hall–Kier alpha value is -2.86. The number of fused-ring (bicyclic) bond motifs is 1. The smallest absolute Gasteiger partial charge is 0.340 e. The van der Waals surface area contributed by atoms with Crippen LogP contribution in [0.4, 0.5) is 5.69 Å². The quantitative estimate of drug-likeness (QED) is 0.602. The van der Waals surface area contributed by atoms with Gasteiger partial charge in [-0.3, -0.25) is 4.79 Å². The third-order valence-corrected chi connectivity index (χ3v) is 7.15. The molecular formula is C21H21ClN2O8S. The van der Waals surface area contributed by atoms with Crippen LogP contribution in [0.25, 0.3) is 0 Å². The molecule has 1 amide bonds. The van der Waals surface area contributed by atoms with Crippen LogP contribution >= 0.6 is 11.6 Å². The third-order valence-electron chi connectivity index (χ3n) is 4.93. The SMILES string of the molecule is O=C(COC(=O)c1cc(S(=O)(=O)N2CCOCC2)ccc1Cl)Nc1ccc2c(c1)OCCO2. The monoisotopic (exact) mass is 496 g/mol. The van der Waals surface area contributed by atoms with Gasteiger partial charge in [0.2, 0.25) is 10.0 Å². The van der Waals surface area contributed by atoms with Crippen molar-refractivity contribution in [3.63, 3.8) is 0 Å². The molecule has 0 aliphatic carbocycles. The summed E-state index contributed by atoms with van der Waals surface area (Å²) in [5.74, 6) is -0.432. The van der Waals surface area contributed by atoms with E-state index in [-0.39, 0.29) is 28.6 Å². The fourth-order valence-corrected chi connectivity index (χ4v) is 4.91. The van der Waals surface area contributed by atoms with Gasteiger partial charge in [-0.15, -0.1) is 0 Å². The van der Waals surface area contributed by atoms with Crippen molar-refractivity contribution in [2.45, 2.75) is 4.90 Å². The van der Waals surface area contributed by atoms with Gasteiger partial charge in [-0.1, -0.05) is 11.6 Å². The number of anilines is 1. The predicted octanol–water partition coefficient (Wildman–Crippen LogP) is 1.93. The number of nitrogens with one attached hydrogen (secondary N) is 1. The van der Waals surface area contributed by atoms with Gasteiger partial charge in [0.1, 0.15) is 13.2 Å². The minimum absolute atomic E-state index is 0.00757. The van der Waals surface area contributed by atoms with Gasteiger partial charge in [0.25, 0.3) is 5.91 Å². The van der Waals surface area contributed by atoms with E-state index in [2.05, 4.69) is 5.32 Å². The minimum atomic E-state index is -3.83. The lowest BCUT2D eigenvalue weighted by Gasteiger charge is -2.26. The molecule has 2 aromatic carbocycles. The van der Waals surface area contributed by atoms with Crippen molar-refractivity contribution in [2.75, 3.05) is 51.4 Å². The first kappa shape index (κ1) is 23.3. The van der Waals surface area contributed by atoms with Gasteiger partial charge in [0.05, 0.1) is 28.7 Å². The zero-order valence-corrected chi connectivity index (χ0v) is 19.0. The molecule has 0 spiro atoms. The van der Waals surface area contributed by atoms with E-state index in [9.17, 15) is 18.0 Å². The number of morpholine rings is 1. The van der Waals surface area contributed by atoms with Gasteiger partial charge < -0.3 is 24.3 Å². The highest BCUT2D eigenvalue weighted by Crippen LogP contribution is 2.32. The van der Waals surface area contributed by atoms with Crippen LogP contribution in [0, 0.1) is 0 Å². The standard InChI is InChI=1S/C21H21ClN2O8S/c22-17-3-2-15(33(27,28)24-5-7-29-8-6-24)12-16(17)21(26)32-13-20(25)23-14-1-4-18-19(11-14)31-10-9-30-18/h1-4,11-12H,5-10,13H2,(H,23,25). The molecule has 2 aliphatic heterocycles. The van der Waals surface area contributed by atoms with Gasteiger partial charge in [-0.05, 0) is 30.3 Å². The van der Waals surface area contributed by atoms with Crippen molar-refractivity contribution in [3.8, 4) is 11.5 Å². The predicted molar refractivity (Wildman–Crippen MR) is 117 cm³/mol.